The third-order valence-electron chi connectivity index (χ3n) is 6.28. The van der Waals surface area contributed by atoms with Crippen molar-refractivity contribution in [3.63, 3.8) is 0 Å². The molecule has 0 spiro atoms. The summed E-state index contributed by atoms with van der Waals surface area (Å²) < 4.78 is 1.89. The first kappa shape index (κ1) is 23.3. The number of hydrogen-bond acceptors (Lipinski definition) is 6. The van der Waals surface area contributed by atoms with Gasteiger partial charge in [0.15, 0.2) is 5.65 Å². The lowest BCUT2D eigenvalue weighted by atomic mass is 10.00. The average Bonchev–Trinajstić information content (AvgIpc) is 3.64. The zero-order chi connectivity index (χ0) is 25.2. The number of fused-ring (bicyclic) bond motifs is 1. The van der Waals surface area contributed by atoms with E-state index in [1.54, 1.807) is 30.5 Å². The molecule has 1 fully saturated rings. The fraction of sp³-hybridized carbons (Fsp3) is 0.269. The number of nitrogens with zero attached hydrogens (tertiary/aromatic N) is 5. The minimum Gasteiger partial charge on any atom is -0.348 e. The molecule has 0 aliphatic carbocycles. The van der Waals surface area contributed by atoms with E-state index in [1.165, 1.54) is 6.08 Å². The molecule has 1 unspecified atom stereocenters. The monoisotopic (exact) mass is 484 g/mol. The Morgan fingerprint density at radius 2 is 2.00 bits per heavy atom. The van der Waals surface area contributed by atoms with E-state index in [9.17, 15) is 9.59 Å². The van der Waals surface area contributed by atoms with E-state index >= 15 is 0 Å². The van der Waals surface area contributed by atoms with E-state index in [4.69, 9.17) is 5.10 Å². The number of pyridine rings is 1. The first-order valence-corrected chi connectivity index (χ1v) is 11.9. The van der Waals surface area contributed by atoms with Crippen LogP contribution in [0.5, 0.6) is 0 Å². The predicted molar refractivity (Wildman–Crippen MR) is 138 cm³/mol. The second kappa shape index (κ2) is 9.65. The van der Waals surface area contributed by atoms with Gasteiger partial charge in [-0.1, -0.05) is 20.4 Å². The number of benzene rings is 1. The summed E-state index contributed by atoms with van der Waals surface area (Å²) in [7, 11) is 0. The molecule has 1 aromatic carbocycles. The summed E-state index contributed by atoms with van der Waals surface area (Å²) in [4.78, 5) is 30.9. The van der Waals surface area contributed by atoms with Crippen molar-refractivity contribution in [1.82, 2.24) is 29.7 Å². The van der Waals surface area contributed by atoms with E-state index in [0.29, 0.717) is 30.3 Å². The van der Waals surface area contributed by atoms with E-state index in [-0.39, 0.29) is 23.8 Å². The molecular weight excluding hydrogens is 456 g/mol. The number of aromatic amines is 1. The van der Waals surface area contributed by atoms with Crippen molar-refractivity contribution in [3.05, 3.63) is 72.7 Å². The highest BCUT2D eigenvalue weighted by atomic mass is 16.2. The van der Waals surface area contributed by atoms with Gasteiger partial charge >= 0.3 is 0 Å². The van der Waals surface area contributed by atoms with Crippen LogP contribution in [0.15, 0.2) is 61.4 Å². The van der Waals surface area contributed by atoms with Crippen molar-refractivity contribution in [1.29, 1.82) is 0 Å². The normalized spacial score (nSPS) is 15.4. The highest BCUT2D eigenvalue weighted by Gasteiger charge is 2.28. The molecule has 0 radical (unpaired) electrons. The maximum Gasteiger partial charge on any atom is 0.253 e. The number of amides is 2. The van der Waals surface area contributed by atoms with Crippen LogP contribution in [0.1, 0.15) is 42.2 Å². The van der Waals surface area contributed by atoms with Gasteiger partial charge in [0.1, 0.15) is 0 Å². The Morgan fingerprint density at radius 3 is 2.69 bits per heavy atom. The van der Waals surface area contributed by atoms with Crippen molar-refractivity contribution in [2.45, 2.75) is 32.2 Å². The fourth-order valence-electron chi connectivity index (χ4n) is 4.54. The summed E-state index contributed by atoms with van der Waals surface area (Å²) >= 11 is 0. The van der Waals surface area contributed by atoms with Crippen molar-refractivity contribution < 1.29 is 9.59 Å². The molecule has 184 valence electrons. The minimum absolute atomic E-state index is 0.0456. The topological polar surface area (TPSA) is 120 Å². The zero-order valence-corrected chi connectivity index (χ0v) is 20.2. The second-order valence-corrected chi connectivity index (χ2v) is 9.13. The molecule has 10 nitrogen and oxygen atoms in total. The highest BCUT2D eigenvalue weighted by Crippen LogP contribution is 2.30. The minimum atomic E-state index is -0.290. The van der Waals surface area contributed by atoms with Gasteiger partial charge in [-0.15, -0.1) is 5.10 Å². The number of nitrogens with one attached hydrogen (secondary N) is 3. The Hall–Kier alpha value is -4.47. The summed E-state index contributed by atoms with van der Waals surface area (Å²) in [5.74, 6) is 0.434. The maximum absolute atomic E-state index is 13.0. The van der Waals surface area contributed by atoms with E-state index < -0.39 is 0 Å². The first-order valence-electron chi connectivity index (χ1n) is 11.9. The standard InChI is InChI=1S/C26H28N8O2/c1-4-23(35)29-19-7-5-17(6-8-19)25(36)33-12-11-20(15-33)30-26-31-22-10-9-21(18-13-27-28-14-18)24(16(2)3)34(22)32-26/h4-10,13-14,16,20H,1,11-12,15H2,2-3H3,(H,27,28)(H,29,35)(H,30,32). The lowest BCUT2D eigenvalue weighted by molar-refractivity contribution is -0.111. The van der Waals surface area contributed by atoms with E-state index in [2.05, 4.69) is 52.3 Å². The lowest BCUT2D eigenvalue weighted by Gasteiger charge is -2.17. The molecule has 1 saturated heterocycles. The molecule has 36 heavy (non-hydrogen) atoms. The fourth-order valence-corrected chi connectivity index (χ4v) is 4.54. The van der Waals surface area contributed by atoms with E-state index in [1.807, 2.05) is 21.7 Å². The van der Waals surface area contributed by atoms with Crippen LogP contribution in [0.2, 0.25) is 0 Å². The van der Waals surface area contributed by atoms with Gasteiger partial charge in [0.2, 0.25) is 11.9 Å². The summed E-state index contributed by atoms with van der Waals surface area (Å²) in [6.07, 6.45) is 5.68. The molecule has 10 heteroatoms. The van der Waals surface area contributed by atoms with Crippen LogP contribution in [-0.2, 0) is 4.79 Å². The quantitative estimate of drug-likeness (QED) is 0.344. The molecule has 5 rings (SSSR count). The molecule has 3 aromatic heterocycles. The van der Waals surface area contributed by atoms with Crippen LogP contribution in [0.25, 0.3) is 16.8 Å². The largest absolute Gasteiger partial charge is 0.348 e. The van der Waals surface area contributed by atoms with Crippen LogP contribution >= 0.6 is 0 Å². The van der Waals surface area contributed by atoms with Gasteiger partial charge in [-0.25, -0.2) is 4.52 Å². The molecule has 0 bridgehead atoms. The number of carbonyl (C=O) groups is 2. The Balaban J connectivity index is 1.28. The molecule has 1 aliphatic rings. The Kier molecular flexibility index (Phi) is 6.24. The third-order valence-corrected chi connectivity index (χ3v) is 6.28. The van der Waals surface area contributed by atoms with Crippen LogP contribution in [0, 0.1) is 0 Å². The number of H-pyrrole nitrogens is 1. The molecule has 2 amide bonds. The summed E-state index contributed by atoms with van der Waals surface area (Å²) in [5.41, 5.74) is 5.09. The number of rotatable bonds is 7. The van der Waals surface area contributed by atoms with Crippen molar-refractivity contribution in [3.8, 4) is 11.1 Å². The van der Waals surface area contributed by atoms with Gasteiger partial charge in [-0.2, -0.15) is 10.1 Å². The van der Waals surface area contributed by atoms with Crippen molar-refractivity contribution >= 4 is 29.1 Å². The Labute approximate surface area is 208 Å². The Morgan fingerprint density at radius 1 is 1.19 bits per heavy atom. The number of anilines is 2. The molecule has 4 heterocycles. The van der Waals surface area contributed by atoms with Crippen molar-refractivity contribution in [2.24, 2.45) is 0 Å². The number of hydrogen-bond donors (Lipinski definition) is 3. The van der Waals surface area contributed by atoms with Crippen LogP contribution in [-0.4, -0.2) is 60.6 Å². The van der Waals surface area contributed by atoms with Gasteiger partial charge in [-0.05, 0) is 54.8 Å². The van der Waals surface area contributed by atoms with Gasteiger partial charge in [-0.3, -0.25) is 14.7 Å². The van der Waals surface area contributed by atoms with Gasteiger partial charge in [0, 0.05) is 47.7 Å². The SMILES string of the molecule is C=CC(=O)Nc1ccc(C(=O)N2CCC(Nc3nc4ccc(-c5cn[nH]c5)c(C(C)C)n4n3)C2)cc1. The molecular formula is C26H28N8O2. The van der Waals surface area contributed by atoms with Crippen LogP contribution < -0.4 is 10.6 Å². The second-order valence-electron chi connectivity index (χ2n) is 9.13. The van der Waals surface area contributed by atoms with Gasteiger partial charge in [0.25, 0.3) is 5.91 Å². The smallest absolute Gasteiger partial charge is 0.253 e. The number of likely N-dealkylation sites (tertiary alicyclic amines) is 1. The number of carbonyl (C=O) groups excluding carboxylic acids is 2. The van der Waals surface area contributed by atoms with E-state index in [0.717, 1.165) is 28.9 Å². The summed E-state index contributed by atoms with van der Waals surface area (Å²) in [6, 6.07) is 10.9. The van der Waals surface area contributed by atoms with Crippen molar-refractivity contribution in [2.75, 3.05) is 23.7 Å². The zero-order valence-electron chi connectivity index (χ0n) is 20.2. The predicted octanol–water partition coefficient (Wildman–Crippen LogP) is 3.69. The third kappa shape index (κ3) is 4.57. The Bertz CT molecular complexity index is 1410. The average molecular weight is 485 g/mol. The van der Waals surface area contributed by atoms with Crippen LogP contribution in [0.3, 0.4) is 0 Å². The first-order chi connectivity index (χ1) is 17.4. The molecule has 1 aliphatic heterocycles. The molecule has 3 N–H and O–H groups in total. The maximum atomic E-state index is 13.0. The van der Waals surface area contributed by atoms with Crippen LogP contribution in [0.4, 0.5) is 11.6 Å². The molecule has 1 atom stereocenters. The summed E-state index contributed by atoms with van der Waals surface area (Å²) in [6.45, 7) is 8.90. The van der Waals surface area contributed by atoms with Gasteiger partial charge < -0.3 is 15.5 Å². The highest BCUT2D eigenvalue weighted by molar-refractivity contribution is 5.99. The number of aromatic nitrogens is 5. The lowest BCUT2D eigenvalue weighted by Crippen LogP contribution is -2.31. The summed E-state index contributed by atoms with van der Waals surface area (Å²) in [5, 5.41) is 17.8. The molecule has 4 aromatic rings. The molecule has 0 saturated carbocycles. The van der Waals surface area contributed by atoms with Gasteiger partial charge in [0.05, 0.1) is 11.9 Å².